The van der Waals surface area contributed by atoms with Crippen LogP contribution >= 0.6 is 23.2 Å². The Morgan fingerprint density at radius 3 is 2.26 bits per heavy atom. The highest BCUT2D eigenvalue weighted by atomic mass is 35.5. The van der Waals surface area contributed by atoms with Crippen LogP contribution in [0.5, 0.6) is 0 Å². The molecule has 23 heavy (non-hydrogen) atoms. The smallest absolute Gasteiger partial charge is 0.341 e. The van der Waals surface area contributed by atoms with Crippen molar-refractivity contribution < 1.29 is 18.7 Å². The molecule has 0 heterocycles. The van der Waals surface area contributed by atoms with E-state index in [1.165, 1.54) is 24.3 Å². The second-order valence-electron chi connectivity index (χ2n) is 4.58. The molecule has 0 aliphatic carbocycles. The average Bonchev–Trinajstić information content (AvgIpc) is 2.52. The Morgan fingerprint density at radius 2 is 1.65 bits per heavy atom. The van der Waals surface area contributed by atoms with Crippen LogP contribution in [0.3, 0.4) is 0 Å². The van der Waals surface area contributed by atoms with E-state index in [4.69, 9.17) is 27.9 Å². The highest BCUT2D eigenvalue weighted by Crippen LogP contribution is 2.24. The molecular formula is C16H12Cl2FNO3. The molecule has 0 atom stereocenters. The zero-order valence-electron chi connectivity index (χ0n) is 11.8. The number of hydrogen-bond donors (Lipinski definition) is 1. The number of carbonyl (C=O) groups is 2. The quantitative estimate of drug-likeness (QED) is 0.833. The molecular weight excluding hydrogens is 344 g/mol. The Bertz CT molecular complexity index is 700. The van der Waals surface area contributed by atoms with E-state index in [-0.39, 0.29) is 28.0 Å². The summed E-state index contributed by atoms with van der Waals surface area (Å²) in [6, 6.07) is 10.3. The van der Waals surface area contributed by atoms with Crippen LogP contribution in [0.2, 0.25) is 10.0 Å². The number of ether oxygens (including phenoxy) is 1. The molecule has 0 radical (unpaired) electrons. The van der Waals surface area contributed by atoms with Crippen molar-refractivity contribution in [3.8, 4) is 0 Å². The first-order valence-corrected chi connectivity index (χ1v) is 7.35. The highest BCUT2D eigenvalue weighted by Gasteiger charge is 2.17. The van der Waals surface area contributed by atoms with E-state index in [1.54, 1.807) is 18.2 Å². The van der Waals surface area contributed by atoms with E-state index < -0.39 is 18.5 Å². The largest absolute Gasteiger partial charge is 0.452 e. The first-order valence-electron chi connectivity index (χ1n) is 6.59. The lowest BCUT2D eigenvalue weighted by molar-refractivity contribution is -0.124. The van der Waals surface area contributed by atoms with Gasteiger partial charge in [0, 0.05) is 6.54 Å². The zero-order valence-corrected chi connectivity index (χ0v) is 13.3. The van der Waals surface area contributed by atoms with Crippen LogP contribution in [0.1, 0.15) is 15.9 Å². The lowest BCUT2D eigenvalue weighted by atomic mass is 10.2. The predicted octanol–water partition coefficient (Wildman–Crippen LogP) is 3.61. The SMILES string of the molecule is O=C(COC(=O)c1c(Cl)cccc1Cl)NCc1ccc(F)cc1. The monoisotopic (exact) mass is 355 g/mol. The van der Waals surface area contributed by atoms with Crippen molar-refractivity contribution in [3.63, 3.8) is 0 Å². The zero-order chi connectivity index (χ0) is 16.8. The molecule has 2 rings (SSSR count). The maximum atomic E-state index is 12.8. The van der Waals surface area contributed by atoms with Gasteiger partial charge in [0.15, 0.2) is 6.61 Å². The summed E-state index contributed by atoms with van der Waals surface area (Å²) in [7, 11) is 0. The van der Waals surface area contributed by atoms with Crippen LogP contribution in [-0.4, -0.2) is 18.5 Å². The summed E-state index contributed by atoms with van der Waals surface area (Å²) in [5, 5.41) is 2.84. The fourth-order valence-corrected chi connectivity index (χ4v) is 2.30. The van der Waals surface area contributed by atoms with E-state index in [9.17, 15) is 14.0 Å². The summed E-state index contributed by atoms with van der Waals surface area (Å²) in [5.74, 6) is -1.63. The molecule has 120 valence electrons. The van der Waals surface area contributed by atoms with Crippen LogP contribution in [0.25, 0.3) is 0 Å². The van der Waals surface area contributed by atoms with Crippen LogP contribution in [0, 0.1) is 5.82 Å². The van der Waals surface area contributed by atoms with Crippen LogP contribution in [-0.2, 0) is 16.1 Å². The molecule has 0 saturated heterocycles. The van der Waals surface area contributed by atoms with Crippen molar-refractivity contribution in [1.82, 2.24) is 5.32 Å². The van der Waals surface area contributed by atoms with Crippen molar-refractivity contribution in [2.75, 3.05) is 6.61 Å². The highest BCUT2D eigenvalue weighted by molar-refractivity contribution is 6.39. The van der Waals surface area contributed by atoms with Crippen molar-refractivity contribution in [2.45, 2.75) is 6.54 Å². The second-order valence-corrected chi connectivity index (χ2v) is 5.39. The Balaban J connectivity index is 1.84. The lowest BCUT2D eigenvalue weighted by Crippen LogP contribution is -2.28. The molecule has 0 aliphatic rings. The van der Waals surface area contributed by atoms with Gasteiger partial charge < -0.3 is 10.1 Å². The summed E-state index contributed by atoms with van der Waals surface area (Å²) in [6.07, 6.45) is 0. The minimum Gasteiger partial charge on any atom is -0.452 e. The molecule has 1 amide bonds. The summed E-state index contributed by atoms with van der Waals surface area (Å²) in [5.41, 5.74) is 0.738. The molecule has 1 N–H and O–H groups in total. The minimum atomic E-state index is -0.780. The Hall–Kier alpha value is -2.11. The number of amides is 1. The third kappa shape index (κ3) is 4.94. The van der Waals surface area contributed by atoms with Gasteiger partial charge in [0.25, 0.3) is 5.91 Å². The molecule has 2 aromatic rings. The van der Waals surface area contributed by atoms with Gasteiger partial charge in [-0.05, 0) is 29.8 Å². The van der Waals surface area contributed by atoms with Gasteiger partial charge in [-0.1, -0.05) is 41.4 Å². The van der Waals surface area contributed by atoms with E-state index in [0.29, 0.717) is 0 Å². The van der Waals surface area contributed by atoms with Gasteiger partial charge in [-0.25, -0.2) is 9.18 Å². The van der Waals surface area contributed by atoms with Gasteiger partial charge in [0.1, 0.15) is 5.82 Å². The van der Waals surface area contributed by atoms with Gasteiger partial charge in [-0.2, -0.15) is 0 Å². The standard InChI is InChI=1S/C16H12Cl2FNO3/c17-12-2-1-3-13(18)15(12)16(22)23-9-14(21)20-8-10-4-6-11(19)7-5-10/h1-7H,8-9H2,(H,20,21). The fraction of sp³-hybridized carbons (Fsp3) is 0.125. The molecule has 7 heteroatoms. The predicted molar refractivity (Wildman–Crippen MR) is 85.0 cm³/mol. The molecule has 0 saturated carbocycles. The number of halogens is 3. The van der Waals surface area contributed by atoms with Gasteiger partial charge in [0.2, 0.25) is 0 Å². The number of carbonyl (C=O) groups excluding carboxylic acids is 2. The molecule has 4 nitrogen and oxygen atoms in total. The molecule has 0 fully saturated rings. The summed E-state index contributed by atoms with van der Waals surface area (Å²) >= 11 is 11.8. The van der Waals surface area contributed by atoms with E-state index in [0.717, 1.165) is 5.56 Å². The molecule has 0 bridgehead atoms. The number of benzene rings is 2. The Kier molecular flexibility index (Phi) is 5.96. The van der Waals surface area contributed by atoms with Gasteiger partial charge in [0.05, 0.1) is 15.6 Å². The number of nitrogens with one attached hydrogen (secondary N) is 1. The van der Waals surface area contributed by atoms with Crippen molar-refractivity contribution in [3.05, 3.63) is 69.5 Å². The first-order chi connectivity index (χ1) is 11.0. The van der Waals surface area contributed by atoms with E-state index in [1.807, 2.05) is 0 Å². The first kappa shape index (κ1) is 17.2. The normalized spacial score (nSPS) is 10.2. The van der Waals surface area contributed by atoms with E-state index >= 15 is 0 Å². The van der Waals surface area contributed by atoms with Crippen LogP contribution < -0.4 is 5.32 Å². The molecule has 0 aliphatic heterocycles. The third-order valence-corrected chi connectivity index (χ3v) is 3.53. The van der Waals surface area contributed by atoms with E-state index in [2.05, 4.69) is 5.32 Å². The number of rotatable bonds is 5. The maximum absolute atomic E-state index is 12.8. The van der Waals surface area contributed by atoms with Crippen molar-refractivity contribution >= 4 is 35.1 Å². The van der Waals surface area contributed by atoms with Gasteiger partial charge >= 0.3 is 5.97 Å². The minimum absolute atomic E-state index is 0.0159. The summed E-state index contributed by atoms with van der Waals surface area (Å²) in [6.45, 7) is -0.273. The fourth-order valence-electron chi connectivity index (χ4n) is 1.75. The Labute approximate surface area is 142 Å². The summed E-state index contributed by atoms with van der Waals surface area (Å²) < 4.78 is 17.6. The molecule has 0 spiro atoms. The molecule has 0 unspecified atom stereocenters. The topological polar surface area (TPSA) is 55.4 Å². The average molecular weight is 356 g/mol. The second kappa shape index (κ2) is 7.94. The van der Waals surface area contributed by atoms with Gasteiger partial charge in [-0.15, -0.1) is 0 Å². The third-order valence-electron chi connectivity index (χ3n) is 2.90. The Morgan fingerprint density at radius 1 is 1.04 bits per heavy atom. The van der Waals surface area contributed by atoms with Gasteiger partial charge in [-0.3, -0.25) is 4.79 Å². The number of esters is 1. The molecule has 2 aromatic carbocycles. The maximum Gasteiger partial charge on any atom is 0.341 e. The summed E-state index contributed by atoms with van der Waals surface area (Å²) in [4.78, 5) is 23.6. The lowest BCUT2D eigenvalue weighted by Gasteiger charge is -2.08. The van der Waals surface area contributed by atoms with Crippen LogP contribution in [0.4, 0.5) is 4.39 Å². The van der Waals surface area contributed by atoms with Crippen molar-refractivity contribution in [1.29, 1.82) is 0 Å². The number of hydrogen-bond acceptors (Lipinski definition) is 3. The molecule has 0 aromatic heterocycles. The van der Waals surface area contributed by atoms with Crippen LogP contribution in [0.15, 0.2) is 42.5 Å². The van der Waals surface area contributed by atoms with Crippen molar-refractivity contribution in [2.24, 2.45) is 0 Å².